The molecule has 0 aromatic carbocycles. The molecule has 1 aliphatic rings. The van der Waals surface area contributed by atoms with Gasteiger partial charge in [0.05, 0.1) is 53.7 Å². The molecule has 0 spiro atoms. The fraction of sp³-hybridized carbons (Fsp3) is 0.368. The summed E-state index contributed by atoms with van der Waals surface area (Å²) in [6, 6.07) is 4.21. The van der Waals surface area contributed by atoms with Crippen LogP contribution >= 0.6 is 0 Å². The van der Waals surface area contributed by atoms with Crippen LogP contribution in [0.2, 0.25) is 0 Å². The van der Waals surface area contributed by atoms with Gasteiger partial charge in [-0.05, 0) is 26.8 Å². The Balaban J connectivity index is 1.78. The van der Waals surface area contributed by atoms with Crippen molar-refractivity contribution in [1.29, 1.82) is 0 Å². The van der Waals surface area contributed by atoms with Crippen molar-refractivity contribution in [3.05, 3.63) is 36.0 Å². The highest BCUT2D eigenvalue weighted by Gasteiger charge is 2.25. The number of anilines is 1. The number of nitrogens with zero attached hydrogens (tertiary/aromatic N) is 6. The number of aromatic amines is 1. The molecule has 5 heterocycles. The Morgan fingerprint density at radius 3 is 2.89 bits per heavy atom. The number of H-pyrrole nitrogens is 1. The van der Waals surface area contributed by atoms with E-state index in [0.29, 0.717) is 13.2 Å². The quantitative estimate of drug-likeness (QED) is 0.584. The van der Waals surface area contributed by atoms with E-state index in [1.165, 1.54) is 0 Å². The van der Waals surface area contributed by atoms with Gasteiger partial charge in [-0.15, -0.1) is 0 Å². The van der Waals surface area contributed by atoms with E-state index >= 15 is 0 Å². The van der Waals surface area contributed by atoms with E-state index in [9.17, 15) is 0 Å². The molecule has 0 aliphatic carbocycles. The molecule has 4 aromatic rings. The van der Waals surface area contributed by atoms with Gasteiger partial charge in [-0.1, -0.05) is 5.16 Å². The topological polar surface area (TPSA) is 97.4 Å². The van der Waals surface area contributed by atoms with Crippen molar-refractivity contribution >= 4 is 11.5 Å². The van der Waals surface area contributed by atoms with E-state index in [2.05, 4.69) is 38.3 Å². The second-order valence-electron chi connectivity index (χ2n) is 7.08. The number of fused-ring (bicyclic) bond motifs is 1. The van der Waals surface area contributed by atoms with Gasteiger partial charge in [-0.3, -0.25) is 5.10 Å². The van der Waals surface area contributed by atoms with E-state index in [1.54, 1.807) is 6.20 Å². The summed E-state index contributed by atoms with van der Waals surface area (Å²) in [5.41, 5.74) is 5.20. The molecule has 4 aromatic heterocycles. The van der Waals surface area contributed by atoms with Crippen LogP contribution in [-0.4, -0.2) is 55.8 Å². The molecule has 144 valence electrons. The molecule has 1 saturated heterocycles. The maximum absolute atomic E-state index is 5.60. The lowest BCUT2D eigenvalue weighted by atomic mass is 10.1. The van der Waals surface area contributed by atoms with Crippen molar-refractivity contribution in [3.8, 4) is 22.5 Å². The first-order chi connectivity index (χ1) is 13.6. The van der Waals surface area contributed by atoms with Gasteiger partial charge in [0.2, 0.25) is 0 Å². The van der Waals surface area contributed by atoms with Crippen molar-refractivity contribution in [2.75, 3.05) is 24.7 Å². The summed E-state index contributed by atoms with van der Waals surface area (Å²) >= 11 is 0. The largest absolute Gasteiger partial charge is 0.377 e. The van der Waals surface area contributed by atoms with E-state index in [4.69, 9.17) is 14.2 Å². The van der Waals surface area contributed by atoms with Crippen LogP contribution in [0, 0.1) is 13.8 Å². The molecule has 0 amide bonds. The number of morpholine rings is 1. The Kier molecular flexibility index (Phi) is 3.90. The molecular formula is C19H21N7O2. The van der Waals surface area contributed by atoms with Gasteiger partial charge >= 0.3 is 0 Å². The van der Waals surface area contributed by atoms with Crippen LogP contribution in [0.3, 0.4) is 0 Å². The monoisotopic (exact) mass is 379 g/mol. The van der Waals surface area contributed by atoms with Crippen molar-refractivity contribution in [2.24, 2.45) is 0 Å². The molecule has 1 aliphatic heterocycles. The number of hydrogen-bond acceptors (Lipinski definition) is 7. The molecule has 1 N–H and O–H groups in total. The summed E-state index contributed by atoms with van der Waals surface area (Å²) in [5, 5.41) is 15.8. The van der Waals surface area contributed by atoms with Gasteiger partial charge in [0, 0.05) is 18.8 Å². The third-order valence-corrected chi connectivity index (χ3v) is 5.20. The highest BCUT2D eigenvalue weighted by molar-refractivity contribution is 5.79. The normalized spacial score (nSPS) is 17.5. The van der Waals surface area contributed by atoms with Gasteiger partial charge in [-0.2, -0.15) is 10.2 Å². The van der Waals surface area contributed by atoms with Crippen LogP contribution in [0.4, 0.5) is 5.82 Å². The van der Waals surface area contributed by atoms with Crippen molar-refractivity contribution in [3.63, 3.8) is 0 Å². The Morgan fingerprint density at radius 2 is 2.18 bits per heavy atom. The van der Waals surface area contributed by atoms with E-state index in [0.717, 1.165) is 52.0 Å². The SMILES string of the molecule is Cc1noc(C)c1-c1cc(N2CCOC[C@H]2C)nc2c(-c3ccn[nH]3)cnn12. The summed E-state index contributed by atoms with van der Waals surface area (Å²) < 4.78 is 12.9. The molecule has 1 fully saturated rings. The number of ether oxygens (including phenoxy) is 1. The maximum atomic E-state index is 5.60. The Bertz CT molecular complexity index is 1110. The summed E-state index contributed by atoms with van der Waals surface area (Å²) in [4.78, 5) is 7.24. The average Bonchev–Trinajstić information content (AvgIpc) is 3.42. The lowest BCUT2D eigenvalue weighted by molar-refractivity contribution is 0.0985. The Labute approximate surface area is 161 Å². The van der Waals surface area contributed by atoms with E-state index in [1.807, 2.05) is 30.6 Å². The predicted molar refractivity (Wildman–Crippen MR) is 103 cm³/mol. The van der Waals surface area contributed by atoms with Gasteiger partial charge < -0.3 is 14.2 Å². The first kappa shape index (κ1) is 16.9. The fourth-order valence-electron chi connectivity index (χ4n) is 3.79. The minimum absolute atomic E-state index is 0.236. The Morgan fingerprint density at radius 1 is 1.29 bits per heavy atom. The molecule has 28 heavy (non-hydrogen) atoms. The van der Waals surface area contributed by atoms with Gasteiger partial charge in [-0.25, -0.2) is 9.50 Å². The standard InChI is InChI=1S/C19H21N7O2/c1-11-10-27-7-6-25(11)17-8-16(18-12(2)24-28-13(18)3)26-19(22-17)14(9-21-26)15-4-5-20-23-15/h4-5,8-9,11H,6-7,10H2,1-3H3,(H,20,23)/t11-/m1/s1. The lowest BCUT2D eigenvalue weighted by Gasteiger charge is -2.34. The van der Waals surface area contributed by atoms with E-state index in [-0.39, 0.29) is 6.04 Å². The van der Waals surface area contributed by atoms with Crippen LogP contribution in [0.5, 0.6) is 0 Å². The van der Waals surface area contributed by atoms with Crippen LogP contribution < -0.4 is 4.90 Å². The number of nitrogens with one attached hydrogen (secondary N) is 1. The second-order valence-corrected chi connectivity index (χ2v) is 7.08. The molecule has 5 rings (SSSR count). The summed E-state index contributed by atoms with van der Waals surface area (Å²) in [5.74, 6) is 1.64. The van der Waals surface area contributed by atoms with Crippen molar-refractivity contribution < 1.29 is 9.26 Å². The summed E-state index contributed by atoms with van der Waals surface area (Å²) in [6.45, 7) is 8.16. The number of aromatic nitrogens is 6. The zero-order valence-corrected chi connectivity index (χ0v) is 16.0. The molecule has 0 unspecified atom stereocenters. The number of hydrogen-bond donors (Lipinski definition) is 1. The molecule has 0 saturated carbocycles. The lowest BCUT2D eigenvalue weighted by Crippen LogP contribution is -2.44. The first-order valence-corrected chi connectivity index (χ1v) is 9.29. The smallest absolute Gasteiger partial charge is 0.167 e. The van der Waals surface area contributed by atoms with Crippen LogP contribution in [0.25, 0.3) is 28.2 Å². The van der Waals surface area contributed by atoms with Crippen LogP contribution in [-0.2, 0) is 4.74 Å². The second kappa shape index (κ2) is 6.45. The minimum Gasteiger partial charge on any atom is -0.377 e. The van der Waals surface area contributed by atoms with Crippen LogP contribution in [0.1, 0.15) is 18.4 Å². The van der Waals surface area contributed by atoms with Gasteiger partial charge in [0.25, 0.3) is 0 Å². The average molecular weight is 379 g/mol. The molecule has 1 atom stereocenters. The predicted octanol–water partition coefficient (Wildman–Crippen LogP) is 2.62. The van der Waals surface area contributed by atoms with Crippen molar-refractivity contribution in [1.82, 2.24) is 30.0 Å². The highest BCUT2D eigenvalue weighted by Crippen LogP contribution is 2.33. The zero-order chi connectivity index (χ0) is 19.3. The van der Waals surface area contributed by atoms with E-state index < -0.39 is 0 Å². The third kappa shape index (κ3) is 2.58. The summed E-state index contributed by atoms with van der Waals surface area (Å²) in [6.07, 6.45) is 3.53. The van der Waals surface area contributed by atoms with Crippen molar-refractivity contribution in [2.45, 2.75) is 26.8 Å². The minimum atomic E-state index is 0.236. The molecule has 9 nitrogen and oxygen atoms in total. The van der Waals surface area contributed by atoms with Gasteiger partial charge in [0.1, 0.15) is 11.6 Å². The molecule has 0 radical (unpaired) electrons. The molecular weight excluding hydrogens is 358 g/mol. The molecule has 0 bridgehead atoms. The summed E-state index contributed by atoms with van der Waals surface area (Å²) in [7, 11) is 0. The highest BCUT2D eigenvalue weighted by atomic mass is 16.5. The maximum Gasteiger partial charge on any atom is 0.167 e. The fourth-order valence-corrected chi connectivity index (χ4v) is 3.79. The van der Waals surface area contributed by atoms with Gasteiger partial charge in [0.15, 0.2) is 5.65 Å². The Hall–Kier alpha value is -3.20. The number of rotatable bonds is 3. The third-order valence-electron chi connectivity index (χ3n) is 5.20. The van der Waals surface area contributed by atoms with Crippen LogP contribution in [0.15, 0.2) is 29.0 Å². The first-order valence-electron chi connectivity index (χ1n) is 9.29. The number of aryl methyl sites for hydroxylation is 2. The zero-order valence-electron chi connectivity index (χ0n) is 16.0. The molecule has 9 heteroatoms.